The molecule has 0 aromatic heterocycles. The van der Waals surface area contributed by atoms with Gasteiger partial charge in [0.15, 0.2) is 11.5 Å². The van der Waals surface area contributed by atoms with E-state index in [2.05, 4.69) is 0 Å². The predicted molar refractivity (Wildman–Crippen MR) is 111 cm³/mol. The minimum Gasteiger partial charge on any atom is -0.485 e. The van der Waals surface area contributed by atoms with Gasteiger partial charge in [0.25, 0.3) is 5.91 Å². The second kappa shape index (κ2) is 9.77. The molecule has 0 saturated heterocycles. The van der Waals surface area contributed by atoms with E-state index >= 15 is 0 Å². The van der Waals surface area contributed by atoms with Crippen LogP contribution < -0.4 is 15.2 Å². The summed E-state index contributed by atoms with van der Waals surface area (Å²) in [5, 5.41) is 9.07. The second-order valence-corrected chi connectivity index (χ2v) is 6.29. The van der Waals surface area contributed by atoms with E-state index in [0.717, 1.165) is 11.1 Å². The van der Waals surface area contributed by atoms with E-state index in [0.29, 0.717) is 30.3 Å². The first kappa shape index (κ1) is 19.7. The molecule has 0 fully saturated rings. The van der Waals surface area contributed by atoms with Gasteiger partial charge in [-0.1, -0.05) is 66.7 Å². The van der Waals surface area contributed by atoms with Crippen LogP contribution in [0.4, 0.5) is 0 Å². The van der Waals surface area contributed by atoms with Crippen LogP contribution in [0.25, 0.3) is 6.08 Å². The summed E-state index contributed by atoms with van der Waals surface area (Å²) in [6.07, 6.45) is 1.43. The van der Waals surface area contributed by atoms with Gasteiger partial charge in [-0.05, 0) is 34.9 Å². The number of primary amides is 1. The van der Waals surface area contributed by atoms with E-state index in [1.807, 2.05) is 60.7 Å². The number of ether oxygens (including phenoxy) is 2. The number of hydrogen-bond acceptors (Lipinski definition) is 4. The Morgan fingerprint density at radius 2 is 1.41 bits per heavy atom. The molecule has 0 unspecified atom stereocenters. The molecule has 2 N–H and O–H groups in total. The summed E-state index contributed by atoms with van der Waals surface area (Å²) < 4.78 is 11.9. The number of amides is 1. The largest absolute Gasteiger partial charge is 0.485 e. The van der Waals surface area contributed by atoms with Crippen LogP contribution in [0.1, 0.15) is 16.7 Å². The maximum Gasteiger partial charge on any atom is 0.259 e. The number of rotatable bonds is 8. The van der Waals surface area contributed by atoms with E-state index in [1.54, 1.807) is 24.3 Å². The van der Waals surface area contributed by atoms with Crippen molar-refractivity contribution < 1.29 is 14.3 Å². The molecule has 0 radical (unpaired) electrons. The first-order chi connectivity index (χ1) is 14.2. The summed E-state index contributed by atoms with van der Waals surface area (Å²) >= 11 is 0. The van der Waals surface area contributed by atoms with Crippen LogP contribution in [0.3, 0.4) is 0 Å². The molecular formula is C24H20N2O3. The zero-order valence-electron chi connectivity index (χ0n) is 15.7. The number of benzene rings is 3. The predicted octanol–water partition coefficient (Wildman–Crippen LogP) is 4.24. The summed E-state index contributed by atoms with van der Waals surface area (Å²) in [4.78, 5) is 11.3. The van der Waals surface area contributed by atoms with Crippen molar-refractivity contribution in [1.82, 2.24) is 0 Å². The van der Waals surface area contributed by atoms with Gasteiger partial charge >= 0.3 is 0 Å². The topological polar surface area (TPSA) is 85.3 Å². The Balaban J connectivity index is 1.85. The van der Waals surface area contributed by atoms with Gasteiger partial charge in [-0.15, -0.1) is 0 Å². The summed E-state index contributed by atoms with van der Waals surface area (Å²) in [6, 6.07) is 26.6. The number of nitriles is 1. The number of carbonyl (C=O) groups excluding carboxylic acids is 1. The number of nitrogens with two attached hydrogens (primary N) is 1. The van der Waals surface area contributed by atoms with E-state index in [9.17, 15) is 4.79 Å². The summed E-state index contributed by atoms with van der Waals surface area (Å²) in [5.41, 5.74) is 7.76. The summed E-state index contributed by atoms with van der Waals surface area (Å²) in [7, 11) is 0. The lowest BCUT2D eigenvalue weighted by molar-refractivity contribution is -0.114. The molecule has 3 aromatic rings. The molecule has 0 atom stereocenters. The Kier molecular flexibility index (Phi) is 6.64. The van der Waals surface area contributed by atoms with Gasteiger partial charge < -0.3 is 15.2 Å². The van der Waals surface area contributed by atoms with Crippen molar-refractivity contribution in [3.05, 3.63) is 101 Å². The average Bonchev–Trinajstić information content (AvgIpc) is 2.76. The molecule has 29 heavy (non-hydrogen) atoms. The summed E-state index contributed by atoms with van der Waals surface area (Å²) in [5.74, 6) is 0.309. The van der Waals surface area contributed by atoms with Crippen LogP contribution in [0.5, 0.6) is 11.5 Å². The molecule has 0 aliphatic carbocycles. The van der Waals surface area contributed by atoms with Crippen molar-refractivity contribution in [2.45, 2.75) is 13.2 Å². The van der Waals surface area contributed by atoms with E-state index in [-0.39, 0.29) is 5.57 Å². The van der Waals surface area contributed by atoms with Gasteiger partial charge in [0.2, 0.25) is 0 Å². The molecule has 1 amide bonds. The van der Waals surface area contributed by atoms with Gasteiger partial charge in [0.1, 0.15) is 24.9 Å². The molecule has 144 valence electrons. The molecule has 0 heterocycles. The first-order valence-corrected chi connectivity index (χ1v) is 9.05. The molecule has 5 nitrogen and oxygen atoms in total. The number of hydrogen-bond donors (Lipinski definition) is 1. The van der Waals surface area contributed by atoms with Crippen LogP contribution in [0.2, 0.25) is 0 Å². The van der Waals surface area contributed by atoms with Gasteiger partial charge in [0, 0.05) is 0 Å². The standard InChI is InChI=1S/C24H20N2O3/c25-15-21(24(26)27)13-20-11-12-22(28-16-18-7-3-1-4-8-18)23(14-20)29-17-19-9-5-2-6-10-19/h1-14H,16-17H2,(H2,26,27)/b21-13-. The van der Waals surface area contributed by atoms with Gasteiger partial charge in [0.05, 0.1) is 0 Å². The third-order valence-electron chi connectivity index (χ3n) is 4.14. The number of nitrogens with zero attached hydrogens (tertiary/aromatic N) is 1. The Hall–Kier alpha value is -4.04. The smallest absolute Gasteiger partial charge is 0.259 e. The van der Waals surface area contributed by atoms with Crippen molar-refractivity contribution in [3.63, 3.8) is 0 Å². The van der Waals surface area contributed by atoms with E-state index in [4.69, 9.17) is 20.5 Å². The van der Waals surface area contributed by atoms with Crippen LogP contribution in [-0.4, -0.2) is 5.91 Å². The fourth-order valence-corrected chi connectivity index (χ4v) is 2.64. The first-order valence-electron chi connectivity index (χ1n) is 9.05. The van der Waals surface area contributed by atoms with Gasteiger partial charge in [-0.25, -0.2) is 0 Å². The van der Waals surface area contributed by atoms with Crippen LogP contribution in [0, 0.1) is 11.3 Å². The second-order valence-electron chi connectivity index (χ2n) is 6.29. The third-order valence-corrected chi connectivity index (χ3v) is 4.14. The van der Waals surface area contributed by atoms with Gasteiger partial charge in [-0.2, -0.15) is 5.26 Å². The fraction of sp³-hybridized carbons (Fsp3) is 0.0833. The Bertz CT molecular complexity index is 1040. The normalized spacial score (nSPS) is 10.8. The van der Waals surface area contributed by atoms with Crippen LogP contribution >= 0.6 is 0 Å². The lowest BCUT2D eigenvalue weighted by Crippen LogP contribution is -2.12. The number of carbonyl (C=O) groups is 1. The lowest BCUT2D eigenvalue weighted by atomic mass is 10.1. The van der Waals surface area contributed by atoms with Crippen molar-refractivity contribution in [2.75, 3.05) is 0 Å². The summed E-state index contributed by atoms with van der Waals surface area (Å²) in [6.45, 7) is 0.749. The van der Waals surface area contributed by atoms with Crippen molar-refractivity contribution in [1.29, 1.82) is 5.26 Å². The molecule has 3 aromatic carbocycles. The zero-order chi connectivity index (χ0) is 20.5. The minimum atomic E-state index is -0.774. The SMILES string of the molecule is N#C/C(=C/c1ccc(OCc2ccccc2)c(OCc2ccccc2)c1)C(N)=O. The van der Waals surface area contributed by atoms with E-state index < -0.39 is 5.91 Å². The lowest BCUT2D eigenvalue weighted by Gasteiger charge is -2.14. The Labute approximate surface area is 169 Å². The maximum absolute atomic E-state index is 11.3. The third kappa shape index (κ3) is 5.72. The molecule has 0 spiro atoms. The molecular weight excluding hydrogens is 364 g/mol. The minimum absolute atomic E-state index is 0.128. The monoisotopic (exact) mass is 384 g/mol. The fourth-order valence-electron chi connectivity index (χ4n) is 2.64. The van der Waals surface area contributed by atoms with Gasteiger partial charge in [-0.3, -0.25) is 4.79 Å². The molecule has 0 bridgehead atoms. The Morgan fingerprint density at radius 3 is 1.93 bits per heavy atom. The highest BCUT2D eigenvalue weighted by Gasteiger charge is 2.10. The van der Waals surface area contributed by atoms with E-state index in [1.165, 1.54) is 6.08 Å². The molecule has 0 aliphatic rings. The quantitative estimate of drug-likeness (QED) is 0.465. The molecule has 3 rings (SSSR count). The maximum atomic E-state index is 11.3. The van der Waals surface area contributed by atoms with Crippen molar-refractivity contribution >= 4 is 12.0 Å². The highest BCUT2D eigenvalue weighted by molar-refractivity contribution is 6.00. The van der Waals surface area contributed by atoms with Crippen molar-refractivity contribution in [2.24, 2.45) is 5.73 Å². The molecule has 0 saturated carbocycles. The Morgan fingerprint density at radius 1 is 0.862 bits per heavy atom. The zero-order valence-corrected chi connectivity index (χ0v) is 15.7. The molecule has 5 heteroatoms. The average molecular weight is 384 g/mol. The van der Waals surface area contributed by atoms with Crippen LogP contribution in [0.15, 0.2) is 84.4 Å². The highest BCUT2D eigenvalue weighted by Crippen LogP contribution is 2.31. The van der Waals surface area contributed by atoms with Crippen molar-refractivity contribution in [3.8, 4) is 17.6 Å². The highest BCUT2D eigenvalue weighted by atomic mass is 16.5. The van der Waals surface area contributed by atoms with Crippen LogP contribution in [-0.2, 0) is 18.0 Å². The molecule has 0 aliphatic heterocycles.